The highest BCUT2D eigenvalue weighted by Crippen LogP contribution is 2.39. The van der Waals surface area contributed by atoms with Gasteiger partial charge in [0.15, 0.2) is 5.76 Å². The molecule has 184 valence electrons. The molecule has 0 spiro atoms. The smallest absolute Gasteiger partial charge is 0.416 e. The number of benzene rings is 2. The number of hydrogen-bond donors (Lipinski definition) is 1. The molecule has 0 saturated carbocycles. The lowest BCUT2D eigenvalue weighted by Gasteiger charge is -2.31. The molecule has 2 amide bonds. The zero-order valence-corrected chi connectivity index (χ0v) is 19.4. The third-order valence-electron chi connectivity index (χ3n) is 6.48. The standard InChI is InChI=1S/C25H23ClF3N3O3/c26-18-6-3-15(4-7-18)12-16-14-30-35-23(16)21-2-1-10-32(21)24(33)31-20-9-11-34-22-13-17(25(27,28)29)5-8-19(20)22/h3-8,13-14,20-21H,1-2,9-12H2,(H,31,33)/t20-,21+/m0/s1. The summed E-state index contributed by atoms with van der Waals surface area (Å²) < 4.78 is 50.3. The molecule has 2 atom stereocenters. The van der Waals surface area contributed by atoms with Gasteiger partial charge >= 0.3 is 12.2 Å². The maximum atomic E-state index is 13.3. The van der Waals surface area contributed by atoms with E-state index in [-0.39, 0.29) is 24.4 Å². The molecule has 3 aromatic rings. The van der Waals surface area contributed by atoms with Crippen molar-refractivity contribution in [1.29, 1.82) is 0 Å². The summed E-state index contributed by atoms with van der Waals surface area (Å²) in [5, 5.41) is 7.63. The highest BCUT2D eigenvalue weighted by molar-refractivity contribution is 6.30. The largest absolute Gasteiger partial charge is 0.493 e. The van der Waals surface area contributed by atoms with Gasteiger partial charge in [-0.2, -0.15) is 13.2 Å². The number of nitrogens with one attached hydrogen (secondary N) is 1. The third kappa shape index (κ3) is 4.96. The number of alkyl halides is 3. The van der Waals surface area contributed by atoms with Crippen LogP contribution in [0, 0.1) is 0 Å². The van der Waals surface area contributed by atoms with Gasteiger partial charge in [0.1, 0.15) is 5.75 Å². The topological polar surface area (TPSA) is 67.6 Å². The van der Waals surface area contributed by atoms with Crippen LogP contribution in [0.4, 0.5) is 18.0 Å². The summed E-state index contributed by atoms with van der Waals surface area (Å²) in [6, 6.07) is 9.89. The average molecular weight is 506 g/mol. The lowest BCUT2D eigenvalue weighted by molar-refractivity contribution is -0.137. The van der Waals surface area contributed by atoms with Crippen LogP contribution in [0.3, 0.4) is 0 Å². The Balaban J connectivity index is 1.32. The first-order valence-electron chi connectivity index (χ1n) is 11.4. The summed E-state index contributed by atoms with van der Waals surface area (Å²) in [6.45, 7) is 0.761. The maximum Gasteiger partial charge on any atom is 0.416 e. The summed E-state index contributed by atoms with van der Waals surface area (Å²) in [7, 11) is 0. The van der Waals surface area contributed by atoms with E-state index < -0.39 is 17.8 Å². The van der Waals surface area contributed by atoms with E-state index in [9.17, 15) is 18.0 Å². The Hall–Kier alpha value is -3.20. The van der Waals surface area contributed by atoms with E-state index in [0.717, 1.165) is 36.1 Å². The molecule has 2 aromatic carbocycles. The Morgan fingerprint density at radius 1 is 1.17 bits per heavy atom. The average Bonchev–Trinajstić information content (AvgIpc) is 3.49. The van der Waals surface area contributed by atoms with Gasteiger partial charge in [-0.1, -0.05) is 35.0 Å². The predicted molar refractivity (Wildman–Crippen MR) is 122 cm³/mol. The Morgan fingerprint density at radius 2 is 1.97 bits per heavy atom. The fourth-order valence-electron chi connectivity index (χ4n) is 4.73. The quantitative estimate of drug-likeness (QED) is 0.451. The van der Waals surface area contributed by atoms with E-state index in [4.69, 9.17) is 20.9 Å². The van der Waals surface area contributed by atoms with E-state index in [2.05, 4.69) is 10.5 Å². The van der Waals surface area contributed by atoms with Crippen molar-refractivity contribution in [1.82, 2.24) is 15.4 Å². The van der Waals surface area contributed by atoms with Gasteiger partial charge in [0.25, 0.3) is 0 Å². The molecule has 10 heteroatoms. The van der Waals surface area contributed by atoms with Gasteiger partial charge in [-0.25, -0.2) is 4.79 Å². The van der Waals surface area contributed by atoms with Crippen LogP contribution in [0.15, 0.2) is 53.2 Å². The van der Waals surface area contributed by atoms with E-state index in [1.54, 1.807) is 11.1 Å². The molecule has 2 aliphatic heterocycles. The number of carbonyl (C=O) groups is 1. The van der Waals surface area contributed by atoms with E-state index in [1.165, 1.54) is 6.07 Å². The second-order valence-corrected chi connectivity index (χ2v) is 9.20. The van der Waals surface area contributed by atoms with E-state index in [1.807, 2.05) is 24.3 Å². The number of nitrogens with zero attached hydrogens (tertiary/aromatic N) is 2. The number of urea groups is 1. The predicted octanol–water partition coefficient (Wildman–Crippen LogP) is 6.31. The van der Waals surface area contributed by atoms with Crippen molar-refractivity contribution in [3.63, 3.8) is 0 Å². The molecule has 1 saturated heterocycles. The summed E-state index contributed by atoms with van der Waals surface area (Å²) >= 11 is 5.98. The second-order valence-electron chi connectivity index (χ2n) is 8.76. The van der Waals surface area contributed by atoms with Crippen molar-refractivity contribution in [3.05, 3.63) is 81.7 Å². The van der Waals surface area contributed by atoms with Gasteiger partial charge in [-0.3, -0.25) is 0 Å². The van der Waals surface area contributed by atoms with Crippen molar-refractivity contribution >= 4 is 17.6 Å². The van der Waals surface area contributed by atoms with Crippen LogP contribution in [0.1, 0.15) is 59.4 Å². The van der Waals surface area contributed by atoms with Gasteiger partial charge in [0.05, 0.1) is 30.5 Å². The van der Waals surface area contributed by atoms with Crippen LogP contribution in [0.2, 0.25) is 5.02 Å². The normalized spacial score (nSPS) is 19.8. The monoisotopic (exact) mass is 505 g/mol. The van der Waals surface area contributed by atoms with Crippen LogP contribution in [-0.4, -0.2) is 29.2 Å². The molecule has 0 aliphatic carbocycles. The number of amides is 2. The summed E-state index contributed by atoms with van der Waals surface area (Å²) in [6.07, 6.45) is -0.193. The second kappa shape index (κ2) is 9.45. The number of fused-ring (bicyclic) bond motifs is 1. The van der Waals surface area contributed by atoms with Gasteiger partial charge in [-0.05, 0) is 42.7 Å². The Labute approximate surface area is 205 Å². The van der Waals surface area contributed by atoms with E-state index in [0.29, 0.717) is 35.7 Å². The number of aromatic nitrogens is 1. The fraction of sp³-hybridized carbons (Fsp3) is 0.360. The third-order valence-corrected chi connectivity index (χ3v) is 6.73. The molecular formula is C25H23ClF3N3O3. The maximum absolute atomic E-state index is 13.3. The minimum Gasteiger partial charge on any atom is -0.493 e. The van der Waals surface area contributed by atoms with Crippen molar-refractivity contribution in [3.8, 4) is 5.75 Å². The van der Waals surface area contributed by atoms with Crippen molar-refractivity contribution in [2.45, 2.75) is 43.9 Å². The highest BCUT2D eigenvalue weighted by atomic mass is 35.5. The number of rotatable bonds is 4. The van der Waals surface area contributed by atoms with Crippen molar-refractivity contribution in [2.24, 2.45) is 0 Å². The Morgan fingerprint density at radius 3 is 2.74 bits per heavy atom. The summed E-state index contributed by atoms with van der Waals surface area (Å²) in [4.78, 5) is 15.0. The molecule has 1 fully saturated rings. The zero-order chi connectivity index (χ0) is 24.6. The zero-order valence-electron chi connectivity index (χ0n) is 18.6. The molecule has 0 bridgehead atoms. The van der Waals surface area contributed by atoms with Gasteiger partial charge in [-0.15, -0.1) is 0 Å². The molecule has 2 aliphatic rings. The molecular weight excluding hydrogens is 483 g/mol. The lowest BCUT2D eigenvalue weighted by Crippen LogP contribution is -2.42. The molecule has 3 heterocycles. The summed E-state index contributed by atoms with van der Waals surface area (Å²) in [5.41, 5.74) is 1.70. The minimum absolute atomic E-state index is 0.148. The molecule has 0 unspecified atom stereocenters. The van der Waals surface area contributed by atoms with Crippen LogP contribution in [0.5, 0.6) is 5.75 Å². The molecule has 1 aromatic heterocycles. The van der Waals surface area contributed by atoms with Crippen molar-refractivity contribution < 1.29 is 27.2 Å². The highest BCUT2D eigenvalue weighted by Gasteiger charge is 2.37. The minimum atomic E-state index is -4.46. The Bertz CT molecular complexity index is 1210. The first-order chi connectivity index (χ1) is 16.8. The molecule has 5 rings (SSSR count). The SMILES string of the molecule is O=C(N[C@H]1CCOc2cc(C(F)(F)F)ccc21)N1CCC[C@@H]1c1oncc1Cc1ccc(Cl)cc1. The van der Waals surface area contributed by atoms with Crippen LogP contribution >= 0.6 is 11.6 Å². The van der Waals surface area contributed by atoms with Gasteiger partial charge in [0.2, 0.25) is 0 Å². The molecule has 35 heavy (non-hydrogen) atoms. The molecule has 1 N–H and O–H groups in total. The molecule has 6 nitrogen and oxygen atoms in total. The summed E-state index contributed by atoms with van der Waals surface area (Å²) in [5.74, 6) is 0.796. The Kier molecular flexibility index (Phi) is 6.35. The first-order valence-corrected chi connectivity index (χ1v) is 11.8. The van der Waals surface area contributed by atoms with E-state index >= 15 is 0 Å². The number of halogens is 4. The number of carbonyl (C=O) groups excluding carboxylic acids is 1. The van der Waals surface area contributed by atoms with Crippen LogP contribution < -0.4 is 10.1 Å². The van der Waals surface area contributed by atoms with Crippen LogP contribution in [-0.2, 0) is 12.6 Å². The van der Waals surface area contributed by atoms with Gasteiger partial charge in [0, 0.05) is 35.5 Å². The number of ether oxygens (including phenoxy) is 1. The number of hydrogen-bond acceptors (Lipinski definition) is 4. The molecule has 0 radical (unpaired) electrons. The first kappa shape index (κ1) is 23.5. The van der Waals surface area contributed by atoms with Crippen LogP contribution in [0.25, 0.3) is 0 Å². The van der Waals surface area contributed by atoms with Crippen molar-refractivity contribution in [2.75, 3.05) is 13.2 Å². The fourth-order valence-corrected chi connectivity index (χ4v) is 4.85. The van der Waals surface area contributed by atoms with Gasteiger partial charge < -0.3 is 19.5 Å². The lowest BCUT2D eigenvalue weighted by atomic mass is 9.98. The number of likely N-dealkylation sites (tertiary alicyclic amines) is 1.